The Bertz CT molecular complexity index is 531. The Morgan fingerprint density at radius 3 is 2.65 bits per heavy atom. The number of likely N-dealkylation sites (N-methyl/N-ethyl adjacent to an activating group) is 1. The topological polar surface area (TPSA) is 50.8 Å². The molecule has 1 aliphatic rings. The van der Waals surface area contributed by atoms with E-state index in [1.54, 1.807) is 0 Å². The maximum atomic E-state index is 12.2. The maximum absolute atomic E-state index is 12.2. The molecule has 1 aromatic carbocycles. The van der Waals surface area contributed by atoms with Gasteiger partial charge in [-0.05, 0) is 38.9 Å². The molecular weight excluding hydrogens is 292 g/mol. The van der Waals surface area contributed by atoms with Crippen molar-refractivity contribution in [1.29, 1.82) is 0 Å². The highest BCUT2D eigenvalue weighted by atomic mass is 16.6. The first-order valence-corrected chi connectivity index (χ1v) is 8.35. The summed E-state index contributed by atoms with van der Waals surface area (Å²) in [7, 11) is 0. The normalized spacial score (nSPS) is 17.2. The highest BCUT2D eigenvalue weighted by Crippen LogP contribution is 2.30. The predicted molar refractivity (Wildman–Crippen MR) is 91.0 cm³/mol. The van der Waals surface area contributed by atoms with Crippen LogP contribution in [0.15, 0.2) is 24.3 Å². The van der Waals surface area contributed by atoms with Crippen molar-refractivity contribution in [2.24, 2.45) is 0 Å². The van der Waals surface area contributed by atoms with E-state index in [2.05, 4.69) is 24.1 Å². The highest BCUT2D eigenvalue weighted by Gasteiger charge is 2.24. The van der Waals surface area contributed by atoms with E-state index in [1.807, 2.05) is 38.1 Å². The van der Waals surface area contributed by atoms with Crippen LogP contribution >= 0.6 is 0 Å². The van der Waals surface area contributed by atoms with Crippen molar-refractivity contribution >= 4 is 5.91 Å². The Labute approximate surface area is 139 Å². The SMILES string of the molecule is CCN(CC(=O)NC(C)(C)CC)CC1COc2ccccc2O1. The lowest BCUT2D eigenvalue weighted by atomic mass is 10.0. The quantitative estimate of drug-likeness (QED) is 0.838. The fourth-order valence-electron chi connectivity index (χ4n) is 2.45. The van der Waals surface area contributed by atoms with E-state index < -0.39 is 0 Å². The van der Waals surface area contributed by atoms with E-state index >= 15 is 0 Å². The van der Waals surface area contributed by atoms with E-state index in [-0.39, 0.29) is 17.6 Å². The minimum atomic E-state index is -0.167. The summed E-state index contributed by atoms with van der Waals surface area (Å²) < 4.78 is 11.7. The molecule has 0 radical (unpaired) electrons. The van der Waals surface area contributed by atoms with Gasteiger partial charge in [0.25, 0.3) is 0 Å². The number of para-hydroxylation sites is 2. The van der Waals surface area contributed by atoms with E-state index in [4.69, 9.17) is 9.47 Å². The molecule has 1 N–H and O–H groups in total. The number of amides is 1. The number of nitrogens with one attached hydrogen (secondary N) is 1. The zero-order chi connectivity index (χ0) is 16.9. The second-order valence-electron chi connectivity index (χ2n) is 6.61. The number of carbonyl (C=O) groups excluding carboxylic acids is 1. The van der Waals surface area contributed by atoms with Crippen molar-refractivity contribution in [3.05, 3.63) is 24.3 Å². The number of rotatable bonds is 7. The third-order valence-electron chi connectivity index (χ3n) is 4.21. The van der Waals surface area contributed by atoms with Gasteiger partial charge in [0, 0.05) is 12.1 Å². The van der Waals surface area contributed by atoms with Crippen LogP contribution in [0.3, 0.4) is 0 Å². The van der Waals surface area contributed by atoms with E-state index in [9.17, 15) is 4.79 Å². The molecule has 0 saturated heterocycles. The fraction of sp³-hybridized carbons (Fsp3) is 0.611. The van der Waals surface area contributed by atoms with Crippen molar-refractivity contribution in [2.75, 3.05) is 26.2 Å². The van der Waals surface area contributed by atoms with Crippen molar-refractivity contribution in [1.82, 2.24) is 10.2 Å². The number of carbonyl (C=O) groups is 1. The molecule has 0 aromatic heterocycles. The van der Waals surface area contributed by atoms with Crippen molar-refractivity contribution < 1.29 is 14.3 Å². The summed E-state index contributed by atoms with van der Waals surface area (Å²) in [5.41, 5.74) is -0.167. The Hall–Kier alpha value is -1.75. The molecule has 23 heavy (non-hydrogen) atoms. The van der Waals surface area contributed by atoms with Crippen molar-refractivity contribution in [2.45, 2.75) is 45.8 Å². The largest absolute Gasteiger partial charge is 0.486 e. The molecule has 1 amide bonds. The number of hydrogen-bond acceptors (Lipinski definition) is 4. The third kappa shape index (κ3) is 5.13. The molecule has 0 fully saturated rings. The molecule has 1 aliphatic heterocycles. The van der Waals surface area contributed by atoms with Gasteiger partial charge in [-0.25, -0.2) is 0 Å². The molecule has 5 heteroatoms. The molecule has 0 spiro atoms. The molecule has 1 atom stereocenters. The number of ether oxygens (including phenoxy) is 2. The second-order valence-corrected chi connectivity index (χ2v) is 6.61. The number of nitrogens with zero attached hydrogens (tertiary/aromatic N) is 1. The first-order valence-electron chi connectivity index (χ1n) is 8.35. The van der Waals surface area contributed by atoms with Gasteiger partial charge >= 0.3 is 0 Å². The van der Waals surface area contributed by atoms with Crippen LogP contribution in [0.4, 0.5) is 0 Å². The van der Waals surface area contributed by atoms with Gasteiger partial charge in [0.1, 0.15) is 12.7 Å². The summed E-state index contributed by atoms with van der Waals surface area (Å²) in [6, 6.07) is 7.68. The minimum absolute atomic E-state index is 0.0517. The van der Waals surface area contributed by atoms with Crippen LogP contribution in [0.25, 0.3) is 0 Å². The summed E-state index contributed by atoms with van der Waals surface area (Å²) in [6.07, 6.45) is 0.846. The molecule has 0 saturated carbocycles. The predicted octanol–water partition coefficient (Wildman–Crippen LogP) is 2.45. The van der Waals surface area contributed by atoms with Gasteiger partial charge in [0.15, 0.2) is 11.5 Å². The van der Waals surface area contributed by atoms with Crippen LogP contribution < -0.4 is 14.8 Å². The van der Waals surface area contributed by atoms with Crippen molar-refractivity contribution in [3.63, 3.8) is 0 Å². The molecule has 5 nitrogen and oxygen atoms in total. The fourth-order valence-corrected chi connectivity index (χ4v) is 2.45. The summed E-state index contributed by atoms with van der Waals surface area (Å²) in [6.45, 7) is 10.5. The van der Waals surface area contributed by atoms with Gasteiger partial charge in [-0.3, -0.25) is 9.69 Å². The highest BCUT2D eigenvalue weighted by molar-refractivity contribution is 5.78. The van der Waals surface area contributed by atoms with Crippen LogP contribution in [-0.4, -0.2) is 48.7 Å². The smallest absolute Gasteiger partial charge is 0.234 e. The molecule has 1 unspecified atom stereocenters. The van der Waals surface area contributed by atoms with Gasteiger partial charge in [-0.15, -0.1) is 0 Å². The number of hydrogen-bond donors (Lipinski definition) is 1. The Balaban J connectivity index is 1.87. The summed E-state index contributed by atoms with van der Waals surface area (Å²) in [5, 5.41) is 3.07. The van der Waals surface area contributed by atoms with Crippen LogP contribution in [0, 0.1) is 0 Å². The monoisotopic (exact) mass is 320 g/mol. The second kappa shape index (κ2) is 7.68. The zero-order valence-corrected chi connectivity index (χ0v) is 14.6. The van der Waals surface area contributed by atoms with Gasteiger partial charge < -0.3 is 14.8 Å². The van der Waals surface area contributed by atoms with E-state index in [1.165, 1.54) is 0 Å². The van der Waals surface area contributed by atoms with E-state index in [0.717, 1.165) is 24.5 Å². The molecule has 1 aromatic rings. The van der Waals surface area contributed by atoms with Gasteiger partial charge in [0.2, 0.25) is 5.91 Å². The molecule has 1 heterocycles. The molecular formula is C18H28N2O3. The average Bonchev–Trinajstić information content (AvgIpc) is 2.53. The van der Waals surface area contributed by atoms with Gasteiger partial charge in [0.05, 0.1) is 6.54 Å². The maximum Gasteiger partial charge on any atom is 0.234 e. The third-order valence-corrected chi connectivity index (χ3v) is 4.21. The summed E-state index contributed by atoms with van der Waals surface area (Å²) >= 11 is 0. The first kappa shape index (κ1) is 17.6. The molecule has 0 bridgehead atoms. The Morgan fingerprint density at radius 2 is 2.00 bits per heavy atom. The van der Waals surface area contributed by atoms with Gasteiger partial charge in [-0.2, -0.15) is 0 Å². The molecule has 0 aliphatic carbocycles. The van der Waals surface area contributed by atoms with Crippen molar-refractivity contribution in [3.8, 4) is 11.5 Å². The molecule has 2 rings (SSSR count). The lowest BCUT2D eigenvalue weighted by Crippen LogP contribution is -2.49. The first-order chi connectivity index (χ1) is 10.9. The lowest BCUT2D eigenvalue weighted by Gasteiger charge is -2.31. The van der Waals surface area contributed by atoms with E-state index in [0.29, 0.717) is 19.7 Å². The Morgan fingerprint density at radius 1 is 1.30 bits per heavy atom. The average molecular weight is 320 g/mol. The van der Waals surface area contributed by atoms with Gasteiger partial charge in [-0.1, -0.05) is 26.0 Å². The molecule has 128 valence electrons. The number of fused-ring (bicyclic) bond motifs is 1. The standard InChI is InChI=1S/C18H28N2O3/c1-5-18(3,4)19-17(21)12-20(6-2)11-14-13-22-15-9-7-8-10-16(15)23-14/h7-10,14H,5-6,11-13H2,1-4H3,(H,19,21). The summed E-state index contributed by atoms with van der Waals surface area (Å²) in [4.78, 5) is 14.3. The van der Waals surface area contributed by atoms with Crippen LogP contribution in [0.5, 0.6) is 11.5 Å². The van der Waals surface area contributed by atoms with Crippen LogP contribution in [-0.2, 0) is 4.79 Å². The lowest BCUT2D eigenvalue weighted by molar-refractivity contribution is -0.124. The minimum Gasteiger partial charge on any atom is -0.486 e. The Kier molecular flexibility index (Phi) is 5.88. The number of benzene rings is 1. The summed E-state index contributed by atoms with van der Waals surface area (Å²) in [5.74, 6) is 1.61. The zero-order valence-electron chi connectivity index (χ0n) is 14.6. The van der Waals surface area contributed by atoms with Crippen LogP contribution in [0.1, 0.15) is 34.1 Å². The van der Waals surface area contributed by atoms with Crippen LogP contribution in [0.2, 0.25) is 0 Å².